The van der Waals surface area contributed by atoms with E-state index in [0.29, 0.717) is 16.2 Å². The van der Waals surface area contributed by atoms with E-state index >= 15 is 0 Å². The molecule has 1 aromatic carbocycles. The standard InChI is InChI=1S/C12H12Cl2FNO3/c1-2-18-11(6-15)9(7-19-16-17)8-4-3-5-10(13)12(8)14/h3-5H,2,6-7H2,1H3/b11-9+. The van der Waals surface area contributed by atoms with Crippen LogP contribution in [0.1, 0.15) is 12.5 Å². The summed E-state index contributed by atoms with van der Waals surface area (Å²) in [6.45, 7) is 0.887. The van der Waals surface area contributed by atoms with E-state index in [1.54, 1.807) is 25.1 Å². The Morgan fingerprint density at radius 2 is 2.16 bits per heavy atom. The van der Waals surface area contributed by atoms with Gasteiger partial charge in [0.2, 0.25) is 0 Å². The van der Waals surface area contributed by atoms with E-state index in [1.807, 2.05) is 0 Å². The van der Waals surface area contributed by atoms with Gasteiger partial charge in [0, 0.05) is 11.1 Å². The van der Waals surface area contributed by atoms with Crippen molar-refractivity contribution in [1.82, 2.24) is 0 Å². The molecule has 0 fully saturated rings. The van der Waals surface area contributed by atoms with Crippen LogP contribution in [0, 0.1) is 4.91 Å². The largest absolute Gasteiger partial charge is 0.495 e. The van der Waals surface area contributed by atoms with Gasteiger partial charge in [-0.05, 0) is 13.0 Å². The molecule has 0 radical (unpaired) electrons. The Morgan fingerprint density at radius 3 is 2.74 bits per heavy atom. The lowest BCUT2D eigenvalue weighted by molar-refractivity contribution is 0.164. The minimum absolute atomic E-state index is 0.0373. The van der Waals surface area contributed by atoms with Gasteiger partial charge in [0.05, 0.1) is 16.7 Å². The van der Waals surface area contributed by atoms with Gasteiger partial charge in [0.25, 0.3) is 0 Å². The van der Waals surface area contributed by atoms with E-state index in [-0.39, 0.29) is 24.0 Å². The number of allylic oxidation sites excluding steroid dienone is 1. The highest BCUT2D eigenvalue weighted by Crippen LogP contribution is 2.32. The summed E-state index contributed by atoms with van der Waals surface area (Å²) >= 11 is 12.0. The quantitative estimate of drug-likeness (QED) is 0.426. The fourth-order valence-electron chi connectivity index (χ4n) is 1.52. The van der Waals surface area contributed by atoms with E-state index < -0.39 is 6.67 Å². The second-order valence-corrected chi connectivity index (χ2v) is 4.20. The van der Waals surface area contributed by atoms with Crippen LogP contribution in [0.15, 0.2) is 29.3 Å². The molecular weight excluding hydrogens is 296 g/mol. The van der Waals surface area contributed by atoms with Crippen molar-refractivity contribution in [2.75, 3.05) is 19.9 Å². The van der Waals surface area contributed by atoms with Crippen LogP contribution in [0.5, 0.6) is 0 Å². The molecule has 19 heavy (non-hydrogen) atoms. The topological polar surface area (TPSA) is 47.9 Å². The zero-order chi connectivity index (χ0) is 14.3. The van der Waals surface area contributed by atoms with Crippen LogP contribution in [0.2, 0.25) is 10.0 Å². The average Bonchev–Trinajstić information content (AvgIpc) is 2.42. The highest BCUT2D eigenvalue weighted by Gasteiger charge is 2.16. The molecular formula is C12H12Cl2FNO3. The first-order chi connectivity index (χ1) is 9.15. The highest BCUT2D eigenvalue weighted by atomic mass is 35.5. The molecule has 0 aromatic heterocycles. The molecule has 0 aliphatic rings. The molecule has 0 atom stereocenters. The van der Waals surface area contributed by atoms with Gasteiger partial charge in [-0.15, -0.1) is 4.91 Å². The third kappa shape index (κ3) is 4.08. The summed E-state index contributed by atoms with van der Waals surface area (Å²) in [6, 6.07) is 4.88. The molecule has 0 unspecified atom stereocenters. The summed E-state index contributed by atoms with van der Waals surface area (Å²) in [4.78, 5) is 14.5. The maximum Gasteiger partial charge on any atom is 0.155 e. The molecule has 4 nitrogen and oxygen atoms in total. The van der Waals surface area contributed by atoms with Crippen LogP contribution in [-0.4, -0.2) is 19.9 Å². The number of hydrogen-bond acceptors (Lipinski definition) is 4. The molecule has 0 saturated heterocycles. The third-order valence-corrected chi connectivity index (χ3v) is 3.13. The molecule has 104 valence electrons. The summed E-state index contributed by atoms with van der Waals surface area (Å²) in [5, 5.41) is 2.84. The van der Waals surface area contributed by atoms with E-state index in [9.17, 15) is 9.30 Å². The number of ether oxygens (including phenoxy) is 1. The van der Waals surface area contributed by atoms with Crippen molar-refractivity contribution in [3.63, 3.8) is 0 Å². The fraction of sp³-hybridized carbons (Fsp3) is 0.333. The summed E-state index contributed by atoms with van der Waals surface area (Å²) in [5.41, 5.74) is 0.746. The van der Waals surface area contributed by atoms with Gasteiger partial charge in [-0.2, -0.15) is 0 Å². The maximum atomic E-state index is 13.0. The third-order valence-electron chi connectivity index (χ3n) is 2.31. The molecule has 0 aliphatic carbocycles. The SMILES string of the molecule is CCO/C(CF)=C(\CON=O)c1cccc(Cl)c1Cl. The Labute approximate surface area is 120 Å². The summed E-state index contributed by atoms with van der Waals surface area (Å²) in [6.07, 6.45) is 0. The minimum atomic E-state index is -0.853. The lowest BCUT2D eigenvalue weighted by atomic mass is 10.1. The highest BCUT2D eigenvalue weighted by molar-refractivity contribution is 6.43. The number of benzene rings is 1. The number of halogens is 3. The van der Waals surface area contributed by atoms with Crippen LogP contribution in [0.3, 0.4) is 0 Å². The van der Waals surface area contributed by atoms with Crippen molar-refractivity contribution >= 4 is 28.8 Å². The van der Waals surface area contributed by atoms with Gasteiger partial charge in [-0.1, -0.05) is 35.3 Å². The van der Waals surface area contributed by atoms with Crippen LogP contribution >= 0.6 is 23.2 Å². The Balaban J connectivity index is 3.29. The first-order valence-corrected chi connectivity index (χ1v) is 6.21. The van der Waals surface area contributed by atoms with Crippen molar-refractivity contribution in [3.8, 4) is 0 Å². The minimum Gasteiger partial charge on any atom is -0.495 e. The van der Waals surface area contributed by atoms with Crippen molar-refractivity contribution in [1.29, 1.82) is 0 Å². The molecule has 1 aromatic rings. The van der Waals surface area contributed by atoms with Gasteiger partial charge >= 0.3 is 0 Å². The number of alkyl halides is 1. The number of nitrogens with zero attached hydrogens (tertiary/aromatic N) is 1. The van der Waals surface area contributed by atoms with Crippen molar-refractivity contribution in [2.24, 2.45) is 5.34 Å². The molecule has 0 aliphatic heterocycles. The zero-order valence-electron chi connectivity index (χ0n) is 10.2. The van der Waals surface area contributed by atoms with Gasteiger partial charge in [-0.3, -0.25) is 0 Å². The normalized spacial score (nSPS) is 11.8. The molecule has 7 heteroatoms. The van der Waals surface area contributed by atoms with Gasteiger partial charge in [0.15, 0.2) is 5.34 Å². The Bertz CT molecular complexity index is 480. The van der Waals surface area contributed by atoms with Crippen molar-refractivity contribution in [3.05, 3.63) is 44.5 Å². The summed E-state index contributed by atoms with van der Waals surface area (Å²) < 4.78 is 18.2. The second-order valence-electron chi connectivity index (χ2n) is 3.42. The van der Waals surface area contributed by atoms with Gasteiger partial charge in [-0.25, -0.2) is 4.39 Å². The molecule has 0 amide bonds. The molecule has 0 bridgehead atoms. The van der Waals surface area contributed by atoms with Crippen LogP contribution in [0.25, 0.3) is 5.57 Å². The Hall–Kier alpha value is -1.33. The van der Waals surface area contributed by atoms with Crippen molar-refractivity contribution in [2.45, 2.75) is 6.92 Å². The first-order valence-electron chi connectivity index (χ1n) is 5.45. The molecule has 0 saturated carbocycles. The molecule has 0 spiro atoms. The van der Waals surface area contributed by atoms with E-state index in [0.717, 1.165) is 0 Å². The van der Waals surface area contributed by atoms with E-state index in [2.05, 4.69) is 10.2 Å². The monoisotopic (exact) mass is 307 g/mol. The maximum absolute atomic E-state index is 13.0. The number of hydrogen-bond donors (Lipinski definition) is 0. The average molecular weight is 308 g/mol. The van der Waals surface area contributed by atoms with Crippen LogP contribution < -0.4 is 0 Å². The van der Waals surface area contributed by atoms with Gasteiger partial charge in [0.1, 0.15) is 19.0 Å². The van der Waals surface area contributed by atoms with Gasteiger partial charge < -0.3 is 9.57 Å². The second kappa shape index (κ2) is 7.96. The molecule has 1 rings (SSSR count). The molecule has 0 N–H and O–H groups in total. The van der Waals surface area contributed by atoms with Crippen LogP contribution in [0.4, 0.5) is 4.39 Å². The van der Waals surface area contributed by atoms with E-state index in [1.165, 1.54) is 0 Å². The Kier molecular flexibility index (Phi) is 6.59. The Morgan fingerprint density at radius 1 is 1.42 bits per heavy atom. The summed E-state index contributed by atoms with van der Waals surface area (Å²) in [7, 11) is 0. The zero-order valence-corrected chi connectivity index (χ0v) is 11.7. The lowest BCUT2D eigenvalue weighted by Crippen LogP contribution is -2.04. The first kappa shape index (κ1) is 15.7. The van der Waals surface area contributed by atoms with Crippen molar-refractivity contribution < 1.29 is 14.0 Å². The predicted octanol–water partition coefficient (Wildman–Crippen LogP) is 4.41. The van der Waals surface area contributed by atoms with Crippen LogP contribution in [-0.2, 0) is 9.57 Å². The fourth-order valence-corrected chi connectivity index (χ4v) is 1.93. The number of rotatable bonds is 7. The lowest BCUT2D eigenvalue weighted by Gasteiger charge is -2.14. The predicted molar refractivity (Wildman–Crippen MR) is 72.7 cm³/mol. The molecule has 0 heterocycles. The van der Waals surface area contributed by atoms with E-state index in [4.69, 9.17) is 27.9 Å². The summed E-state index contributed by atoms with van der Waals surface area (Å²) in [5.74, 6) is 0.0373. The smallest absolute Gasteiger partial charge is 0.155 e.